The summed E-state index contributed by atoms with van der Waals surface area (Å²) in [4.78, 5) is 26.4. The molecule has 0 bridgehead atoms. The first kappa shape index (κ1) is 21.6. The highest BCUT2D eigenvalue weighted by Crippen LogP contribution is 2.24. The highest BCUT2D eigenvalue weighted by molar-refractivity contribution is 5.94. The van der Waals surface area contributed by atoms with Gasteiger partial charge < -0.3 is 10.2 Å². The number of hydrogen-bond acceptors (Lipinski definition) is 5. The molecule has 0 unspecified atom stereocenters. The molecule has 1 N–H and O–H groups in total. The first-order valence-electron chi connectivity index (χ1n) is 12.0. The molecule has 2 aliphatic heterocycles. The van der Waals surface area contributed by atoms with Gasteiger partial charge in [0.15, 0.2) is 0 Å². The van der Waals surface area contributed by atoms with Crippen molar-refractivity contribution in [3.05, 3.63) is 78.1 Å². The van der Waals surface area contributed by atoms with Crippen LogP contribution in [0.2, 0.25) is 0 Å². The van der Waals surface area contributed by atoms with Crippen LogP contribution in [0.3, 0.4) is 0 Å². The van der Waals surface area contributed by atoms with Crippen LogP contribution in [-0.4, -0.2) is 53.0 Å². The van der Waals surface area contributed by atoms with Gasteiger partial charge in [-0.25, -0.2) is 9.97 Å². The number of nitrogens with zero attached hydrogens (tertiary/aromatic N) is 4. The van der Waals surface area contributed by atoms with Crippen LogP contribution in [-0.2, 0) is 6.54 Å². The standard InChI is InChI=1S/C27H31N5O/c33-27(30-24-12-16-31(17-13-24)19-21-6-2-1-3-7-21)23-10-8-22(9-11-23)25-18-26(29-20-28-25)32-14-4-5-15-32/h1-3,6-11,18,20,24H,4-5,12-17,19H2,(H,30,33). The van der Waals surface area contributed by atoms with Gasteiger partial charge in [-0.1, -0.05) is 42.5 Å². The van der Waals surface area contributed by atoms with Gasteiger partial charge in [0.05, 0.1) is 5.69 Å². The summed E-state index contributed by atoms with van der Waals surface area (Å²) in [5.74, 6) is 0.987. The second-order valence-corrected chi connectivity index (χ2v) is 9.04. The lowest BCUT2D eigenvalue weighted by Crippen LogP contribution is -2.44. The van der Waals surface area contributed by atoms with Gasteiger partial charge in [0.2, 0.25) is 0 Å². The molecule has 0 aliphatic carbocycles. The fourth-order valence-electron chi connectivity index (χ4n) is 4.76. The zero-order valence-electron chi connectivity index (χ0n) is 19.0. The molecule has 170 valence electrons. The second kappa shape index (κ2) is 10.1. The van der Waals surface area contributed by atoms with Gasteiger partial charge in [0, 0.05) is 56.0 Å². The Hall–Kier alpha value is -3.25. The topological polar surface area (TPSA) is 61.4 Å². The van der Waals surface area contributed by atoms with E-state index in [1.807, 2.05) is 30.3 Å². The summed E-state index contributed by atoms with van der Waals surface area (Å²) in [6.07, 6.45) is 6.03. The fourth-order valence-corrected chi connectivity index (χ4v) is 4.76. The normalized spacial score (nSPS) is 17.3. The lowest BCUT2D eigenvalue weighted by molar-refractivity contribution is 0.0909. The monoisotopic (exact) mass is 441 g/mol. The largest absolute Gasteiger partial charge is 0.357 e. The van der Waals surface area contributed by atoms with Crippen molar-refractivity contribution < 1.29 is 4.79 Å². The number of carbonyl (C=O) groups excluding carboxylic acids is 1. The van der Waals surface area contributed by atoms with E-state index in [4.69, 9.17) is 0 Å². The van der Waals surface area contributed by atoms with E-state index < -0.39 is 0 Å². The molecule has 2 aromatic carbocycles. The maximum atomic E-state index is 12.8. The zero-order valence-corrected chi connectivity index (χ0v) is 19.0. The van der Waals surface area contributed by atoms with Crippen LogP contribution < -0.4 is 10.2 Å². The Morgan fingerprint density at radius 1 is 0.909 bits per heavy atom. The van der Waals surface area contributed by atoms with Gasteiger partial charge in [0.25, 0.3) is 5.91 Å². The fraction of sp³-hybridized carbons (Fsp3) is 0.370. The zero-order chi connectivity index (χ0) is 22.5. The van der Waals surface area contributed by atoms with Crippen molar-refractivity contribution in [3.63, 3.8) is 0 Å². The van der Waals surface area contributed by atoms with Crippen molar-refractivity contribution >= 4 is 11.7 Å². The molecule has 2 aliphatic rings. The van der Waals surface area contributed by atoms with Gasteiger partial charge >= 0.3 is 0 Å². The van der Waals surface area contributed by atoms with Gasteiger partial charge in [-0.2, -0.15) is 0 Å². The lowest BCUT2D eigenvalue weighted by Gasteiger charge is -2.32. The van der Waals surface area contributed by atoms with E-state index in [9.17, 15) is 4.79 Å². The number of anilines is 1. The van der Waals surface area contributed by atoms with Crippen molar-refractivity contribution in [2.24, 2.45) is 0 Å². The molecular weight excluding hydrogens is 410 g/mol. The van der Waals surface area contributed by atoms with Crippen LogP contribution in [0.5, 0.6) is 0 Å². The number of rotatable bonds is 6. The van der Waals surface area contributed by atoms with Gasteiger partial charge in [-0.05, 0) is 43.4 Å². The Morgan fingerprint density at radius 3 is 2.36 bits per heavy atom. The molecule has 2 fully saturated rings. The third-order valence-corrected chi connectivity index (χ3v) is 6.70. The first-order chi connectivity index (χ1) is 16.2. The van der Waals surface area contributed by atoms with Crippen molar-refractivity contribution in [2.45, 2.75) is 38.3 Å². The molecule has 0 saturated carbocycles. The molecule has 3 heterocycles. The molecule has 5 rings (SSSR count). The highest BCUT2D eigenvalue weighted by Gasteiger charge is 2.21. The minimum Gasteiger partial charge on any atom is -0.357 e. The van der Waals surface area contributed by atoms with Crippen LogP contribution >= 0.6 is 0 Å². The van der Waals surface area contributed by atoms with Crippen molar-refractivity contribution in [3.8, 4) is 11.3 Å². The molecule has 33 heavy (non-hydrogen) atoms. The minimum atomic E-state index is 0.00324. The average Bonchev–Trinajstić information content (AvgIpc) is 3.41. The Morgan fingerprint density at radius 2 is 1.64 bits per heavy atom. The number of piperidine rings is 1. The molecule has 0 radical (unpaired) electrons. The second-order valence-electron chi connectivity index (χ2n) is 9.04. The highest BCUT2D eigenvalue weighted by atomic mass is 16.1. The van der Waals surface area contributed by atoms with E-state index in [-0.39, 0.29) is 11.9 Å². The van der Waals surface area contributed by atoms with Gasteiger partial charge in [-0.15, -0.1) is 0 Å². The summed E-state index contributed by atoms with van der Waals surface area (Å²) in [6.45, 7) is 5.10. The molecule has 3 aromatic rings. The number of hydrogen-bond donors (Lipinski definition) is 1. The van der Waals surface area contributed by atoms with E-state index in [0.29, 0.717) is 5.56 Å². The number of carbonyl (C=O) groups is 1. The maximum absolute atomic E-state index is 12.8. The van der Waals surface area contributed by atoms with Crippen LogP contribution in [0.1, 0.15) is 41.6 Å². The molecule has 1 aromatic heterocycles. The van der Waals surface area contributed by atoms with E-state index in [1.165, 1.54) is 18.4 Å². The SMILES string of the molecule is O=C(NC1CCN(Cc2ccccc2)CC1)c1ccc(-c2cc(N3CCCC3)ncn2)cc1. The number of nitrogens with one attached hydrogen (secondary N) is 1. The molecule has 0 atom stereocenters. The van der Waals surface area contributed by atoms with Crippen LogP contribution in [0.15, 0.2) is 67.0 Å². The number of likely N-dealkylation sites (tertiary alicyclic amines) is 1. The number of benzene rings is 2. The molecule has 1 amide bonds. The molecule has 6 nitrogen and oxygen atoms in total. The minimum absolute atomic E-state index is 0.00324. The van der Waals surface area contributed by atoms with Gasteiger partial charge in [-0.3, -0.25) is 9.69 Å². The van der Waals surface area contributed by atoms with Crippen molar-refractivity contribution in [2.75, 3.05) is 31.1 Å². The number of amides is 1. The van der Waals surface area contributed by atoms with Crippen LogP contribution in [0.25, 0.3) is 11.3 Å². The third kappa shape index (κ3) is 5.40. The van der Waals surface area contributed by atoms with E-state index in [1.54, 1.807) is 6.33 Å². The van der Waals surface area contributed by atoms with Crippen LogP contribution in [0.4, 0.5) is 5.82 Å². The maximum Gasteiger partial charge on any atom is 0.251 e. The van der Waals surface area contributed by atoms with Crippen molar-refractivity contribution in [1.82, 2.24) is 20.2 Å². The van der Waals surface area contributed by atoms with Crippen LogP contribution in [0, 0.1) is 0 Å². The van der Waals surface area contributed by atoms with Gasteiger partial charge in [0.1, 0.15) is 12.1 Å². The third-order valence-electron chi connectivity index (χ3n) is 6.70. The van der Waals surface area contributed by atoms with E-state index in [0.717, 1.165) is 62.6 Å². The predicted molar refractivity (Wildman–Crippen MR) is 131 cm³/mol. The van der Waals surface area contributed by atoms with E-state index in [2.05, 4.69) is 55.4 Å². The molecule has 6 heteroatoms. The van der Waals surface area contributed by atoms with Crippen molar-refractivity contribution in [1.29, 1.82) is 0 Å². The first-order valence-corrected chi connectivity index (χ1v) is 12.0. The van der Waals surface area contributed by atoms with E-state index >= 15 is 0 Å². The molecule has 0 spiro atoms. The summed E-state index contributed by atoms with van der Waals surface area (Å²) in [6, 6.07) is 20.6. The summed E-state index contributed by atoms with van der Waals surface area (Å²) >= 11 is 0. The Bertz CT molecular complexity index is 1060. The summed E-state index contributed by atoms with van der Waals surface area (Å²) in [5, 5.41) is 3.23. The molecule has 2 saturated heterocycles. The average molecular weight is 442 g/mol. The summed E-state index contributed by atoms with van der Waals surface area (Å²) in [7, 11) is 0. The quantitative estimate of drug-likeness (QED) is 0.623. The summed E-state index contributed by atoms with van der Waals surface area (Å²) in [5.41, 5.74) is 3.93. The Balaban J connectivity index is 1.15. The smallest absolute Gasteiger partial charge is 0.251 e. The Kier molecular flexibility index (Phi) is 6.63. The Labute approximate surface area is 195 Å². The molecular formula is C27H31N5O. The number of aromatic nitrogens is 2. The lowest BCUT2D eigenvalue weighted by atomic mass is 10.0. The summed E-state index contributed by atoms with van der Waals surface area (Å²) < 4.78 is 0. The predicted octanol–water partition coefficient (Wildman–Crippen LogP) is 4.14.